The van der Waals surface area contributed by atoms with Crippen molar-refractivity contribution < 1.29 is 14.3 Å². The van der Waals surface area contributed by atoms with Gasteiger partial charge in [-0.1, -0.05) is 20.8 Å². The lowest BCUT2D eigenvalue weighted by molar-refractivity contribution is -0.134. The lowest BCUT2D eigenvalue weighted by Crippen LogP contribution is -2.53. The first kappa shape index (κ1) is 16.7. The number of methoxy groups -OCH3 is 1. The van der Waals surface area contributed by atoms with Gasteiger partial charge in [-0.25, -0.2) is 0 Å². The van der Waals surface area contributed by atoms with Gasteiger partial charge in [0.2, 0.25) is 5.91 Å². The SMILES string of the molecule is COC1(CNC(=O)C2CCC(N)C(C)C2(C)C)CCOC1. The Morgan fingerprint density at radius 3 is 2.71 bits per heavy atom. The maximum atomic E-state index is 12.6. The minimum Gasteiger partial charge on any atom is -0.378 e. The van der Waals surface area contributed by atoms with Crippen molar-refractivity contribution >= 4 is 5.91 Å². The van der Waals surface area contributed by atoms with Crippen molar-refractivity contribution in [2.45, 2.75) is 51.7 Å². The van der Waals surface area contributed by atoms with Gasteiger partial charge in [0.15, 0.2) is 0 Å². The predicted octanol–water partition coefficient (Wildman–Crippen LogP) is 1.31. The van der Waals surface area contributed by atoms with Crippen LogP contribution >= 0.6 is 0 Å². The van der Waals surface area contributed by atoms with Crippen molar-refractivity contribution in [2.75, 3.05) is 26.9 Å². The number of hydrogen-bond donors (Lipinski definition) is 2. The van der Waals surface area contributed by atoms with Gasteiger partial charge in [-0.2, -0.15) is 0 Å². The second-order valence-electron chi connectivity index (χ2n) is 7.31. The number of amides is 1. The fourth-order valence-corrected chi connectivity index (χ4v) is 3.65. The molecule has 4 unspecified atom stereocenters. The van der Waals surface area contributed by atoms with Gasteiger partial charge in [0.25, 0.3) is 0 Å². The first-order valence-corrected chi connectivity index (χ1v) is 7.98. The Morgan fingerprint density at radius 2 is 2.14 bits per heavy atom. The molecular weight excluding hydrogens is 268 g/mol. The minimum absolute atomic E-state index is 0.0172. The van der Waals surface area contributed by atoms with E-state index in [4.69, 9.17) is 15.2 Å². The summed E-state index contributed by atoms with van der Waals surface area (Å²) in [5.41, 5.74) is 5.74. The average molecular weight is 298 g/mol. The van der Waals surface area contributed by atoms with E-state index in [0.29, 0.717) is 25.7 Å². The van der Waals surface area contributed by atoms with Crippen LogP contribution in [0.15, 0.2) is 0 Å². The highest BCUT2D eigenvalue weighted by atomic mass is 16.5. The summed E-state index contributed by atoms with van der Waals surface area (Å²) in [7, 11) is 1.69. The Morgan fingerprint density at radius 1 is 1.43 bits per heavy atom. The van der Waals surface area contributed by atoms with Crippen LogP contribution in [0.5, 0.6) is 0 Å². The van der Waals surface area contributed by atoms with Crippen LogP contribution in [0.4, 0.5) is 0 Å². The molecule has 3 N–H and O–H groups in total. The van der Waals surface area contributed by atoms with Crippen LogP contribution < -0.4 is 11.1 Å². The zero-order valence-corrected chi connectivity index (χ0v) is 13.8. The van der Waals surface area contributed by atoms with Crippen molar-refractivity contribution in [3.05, 3.63) is 0 Å². The molecule has 0 aromatic carbocycles. The van der Waals surface area contributed by atoms with E-state index in [-0.39, 0.29) is 28.9 Å². The largest absolute Gasteiger partial charge is 0.378 e. The highest BCUT2D eigenvalue weighted by molar-refractivity contribution is 5.79. The zero-order valence-electron chi connectivity index (χ0n) is 13.8. The molecule has 1 heterocycles. The molecular formula is C16H30N2O3. The van der Waals surface area contributed by atoms with E-state index >= 15 is 0 Å². The van der Waals surface area contributed by atoms with E-state index in [1.807, 2.05) is 0 Å². The fraction of sp³-hybridized carbons (Fsp3) is 0.938. The summed E-state index contributed by atoms with van der Waals surface area (Å²) >= 11 is 0. The van der Waals surface area contributed by atoms with Crippen LogP contribution in [0, 0.1) is 17.3 Å². The molecule has 5 nitrogen and oxygen atoms in total. The third kappa shape index (κ3) is 3.25. The Balaban J connectivity index is 1.97. The molecule has 0 spiro atoms. The maximum absolute atomic E-state index is 12.6. The van der Waals surface area contributed by atoms with Crippen LogP contribution in [0.2, 0.25) is 0 Å². The highest BCUT2D eigenvalue weighted by Gasteiger charge is 2.45. The van der Waals surface area contributed by atoms with Crippen molar-refractivity contribution in [1.82, 2.24) is 5.32 Å². The number of carbonyl (C=O) groups is 1. The van der Waals surface area contributed by atoms with Crippen molar-refractivity contribution in [2.24, 2.45) is 23.0 Å². The molecule has 2 aliphatic rings. The molecule has 2 rings (SSSR count). The second kappa shape index (κ2) is 6.23. The Kier molecular flexibility index (Phi) is 4.96. The number of carbonyl (C=O) groups excluding carboxylic acids is 1. The van der Waals surface area contributed by atoms with E-state index in [1.54, 1.807) is 7.11 Å². The molecule has 0 aromatic rings. The number of ether oxygens (including phenoxy) is 2. The molecule has 1 aliphatic heterocycles. The average Bonchev–Trinajstić information content (AvgIpc) is 2.92. The first-order chi connectivity index (χ1) is 9.82. The Hall–Kier alpha value is -0.650. The smallest absolute Gasteiger partial charge is 0.223 e. The van der Waals surface area contributed by atoms with Crippen LogP contribution in [-0.4, -0.2) is 44.4 Å². The number of nitrogens with one attached hydrogen (secondary N) is 1. The van der Waals surface area contributed by atoms with Gasteiger partial charge in [-0.05, 0) is 24.2 Å². The summed E-state index contributed by atoms with van der Waals surface area (Å²) in [6, 6.07) is 0.192. The topological polar surface area (TPSA) is 73.6 Å². The van der Waals surface area contributed by atoms with E-state index in [2.05, 4.69) is 26.1 Å². The standard InChI is InChI=1S/C16H30N2O3/c1-11-13(17)6-5-12(15(11,2)3)14(19)18-9-16(20-4)7-8-21-10-16/h11-13H,5-10,17H2,1-4H3,(H,18,19). The van der Waals surface area contributed by atoms with Gasteiger partial charge in [0.05, 0.1) is 6.61 Å². The van der Waals surface area contributed by atoms with Crippen molar-refractivity contribution in [3.63, 3.8) is 0 Å². The molecule has 0 bridgehead atoms. The summed E-state index contributed by atoms with van der Waals surface area (Å²) in [4.78, 5) is 12.6. The lowest BCUT2D eigenvalue weighted by Gasteiger charge is -2.46. The van der Waals surface area contributed by atoms with Gasteiger partial charge in [0.1, 0.15) is 5.60 Å². The van der Waals surface area contributed by atoms with E-state index in [0.717, 1.165) is 19.3 Å². The minimum atomic E-state index is -0.351. The molecule has 21 heavy (non-hydrogen) atoms. The van der Waals surface area contributed by atoms with Crippen LogP contribution in [0.3, 0.4) is 0 Å². The summed E-state index contributed by atoms with van der Waals surface area (Å²) < 4.78 is 11.0. The van der Waals surface area contributed by atoms with Crippen LogP contribution in [-0.2, 0) is 14.3 Å². The van der Waals surface area contributed by atoms with E-state index in [1.165, 1.54) is 0 Å². The van der Waals surface area contributed by atoms with E-state index in [9.17, 15) is 4.79 Å². The summed E-state index contributed by atoms with van der Waals surface area (Å²) in [6.45, 7) is 8.25. The lowest BCUT2D eigenvalue weighted by atomic mass is 9.61. The maximum Gasteiger partial charge on any atom is 0.223 e. The third-order valence-electron chi connectivity index (χ3n) is 5.90. The highest BCUT2D eigenvalue weighted by Crippen LogP contribution is 2.44. The number of nitrogens with two attached hydrogens (primary N) is 1. The van der Waals surface area contributed by atoms with Crippen molar-refractivity contribution in [1.29, 1.82) is 0 Å². The molecule has 122 valence electrons. The second-order valence-corrected chi connectivity index (χ2v) is 7.31. The van der Waals surface area contributed by atoms with Gasteiger partial charge < -0.3 is 20.5 Å². The quantitative estimate of drug-likeness (QED) is 0.820. The predicted molar refractivity (Wildman–Crippen MR) is 81.8 cm³/mol. The number of rotatable bonds is 4. The molecule has 5 heteroatoms. The van der Waals surface area contributed by atoms with Gasteiger partial charge >= 0.3 is 0 Å². The van der Waals surface area contributed by atoms with Crippen LogP contribution in [0.25, 0.3) is 0 Å². The Labute approximate surface area is 127 Å². The third-order valence-corrected chi connectivity index (χ3v) is 5.90. The molecule has 0 radical (unpaired) electrons. The van der Waals surface area contributed by atoms with Gasteiger partial charge in [-0.15, -0.1) is 0 Å². The van der Waals surface area contributed by atoms with Crippen LogP contribution in [0.1, 0.15) is 40.0 Å². The van der Waals surface area contributed by atoms with E-state index < -0.39 is 0 Å². The molecule has 1 aliphatic carbocycles. The zero-order chi connectivity index (χ0) is 15.7. The summed E-state index contributed by atoms with van der Waals surface area (Å²) in [5.74, 6) is 0.485. The molecule has 4 atom stereocenters. The number of hydrogen-bond acceptors (Lipinski definition) is 4. The summed E-state index contributed by atoms with van der Waals surface area (Å²) in [6.07, 6.45) is 2.61. The normalized spacial score (nSPS) is 39.2. The fourth-order valence-electron chi connectivity index (χ4n) is 3.65. The van der Waals surface area contributed by atoms with Gasteiger partial charge in [-0.3, -0.25) is 4.79 Å². The molecule has 1 amide bonds. The molecule has 0 aromatic heterocycles. The summed E-state index contributed by atoms with van der Waals surface area (Å²) in [5, 5.41) is 3.09. The molecule has 2 fully saturated rings. The van der Waals surface area contributed by atoms with Crippen molar-refractivity contribution in [3.8, 4) is 0 Å². The monoisotopic (exact) mass is 298 g/mol. The molecule has 1 saturated carbocycles. The Bertz CT molecular complexity index is 378. The first-order valence-electron chi connectivity index (χ1n) is 7.98. The van der Waals surface area contributed by atoms with Gasteiger partial charge in [0, 0.05) is 38.6 Å². The molecule has 1 saturated heterocycles.